The molecule has 21 heavy (non-hydrogen) atoms. The fourth-order valence-electron chi connectivity index (χ4n) is 2.08. The van der Waals surface area contributed by atoms with Crippen LogP contribution in [0.1, 0.15) is 23.7 Å². The average Bonchev–Trinajstić information content (AvgIpc) is 2.52. The van der Waals surface area contributed by atoms with Crippen LogP contribution in [-0.2, 0) is 0 Å². The number of hydrogen-bond acceptors (Lipinski definition) is 3. The first-order valence-corrected chi connectivity index (χ1v) is 6.81. The summed E-state index contributed by atoms with van der Waals surface area (Å²) >= 11 is 0. The van der Waals surface area contributed by atoms with Gasteiger partial charge in [-0.1, -0.05) is 25.1 Å². The molecule has 0 fully saturated rings. The molecule has 0 heterocycles. The lowest BCUT2D eigenvalue weighted by molar-refractivity contribution is 0.0697. The molecular formula is C17H18O4. The molecule has 0 saturated heterocycles. The Kier molecular flexibility index (Phi) is 4.82. The summed E-state index contributed by atoms with van der Waals surface area (Å²) in [7, 11) is 1.56. The molecule has 0 aromatic heterocycles. The highest BCUT2D eigenvalue weighted by molar-refractivity contribution is 5.91. The zero-order chi connectivity index (χ0) is 15.2. The quantitative estimate of drug-likeness (QED) is 0.876. The van der Waals surface area contributed by atoms with E-state index in [0.29, 0.717) is 17.9 Å². The van der Waals surface area contributed by atoms with Crippen LogP contribution in [0.2, 0.25) is 0 Å². The summed E-state index contributed by atoms with van der Waals surface area (Å²) in [4.78, 5) is 11.2. The first-order chi connectivity index (χ1) is 10.2. The van der Waals surface area contributed by atoms with Crippen molar-refractivity contribution in [1.82, 2.24) is 0 Å². The predicted molar refractivity (Wildman–Crippen MR) is 81.2 cm³/mol. The van der Waals surface area contributed by atoms with E-state index in [9.17, 15) is 4.79 Å². The summed E-state index contributed by atoms with van der Waals surface area (Å²) in [6.07, 6.45) is 0.903. The lowest BCUT2D eigenvalue weighted by Gasteiger charge is -2.14. The van der Waals surface area contributed by atoms with Crippen molar-refractivity contribution in [3.05, 3.63) is 48.0 Å². The van der Waals surface area contributed by atoms with Gasteiger partial charge >= 0.3 is 5.97 Å². The molecule has 1 N–H and O–H groups in total. The van der Waals surface area contributed by atoms with Gasteiger partial charge in [-0.2, -0.15) is 0 Å². The molecule has 4 nitrogen and oxygen atoms in total. The van der Waals surface area contributed by atoms with Crippen molar-refractivity contribution in [2.75, 3.05) is 13.7 Å². The molecule has 0 saturated carbocycles. The smallest absolute Gasteiger partial charge is 0.335 e. The van der Waals surface area contributed by atoms with E-state index < -0.39 is 5.97 Å². The van der Waals surface area contributed by atoms with Gasteiger partial charge in [-0.15, -0.1) is 0 Å². The summed E-state index contributed by atoms with van der Waals surface area (Å²) < 4.78 is 11.1. The Morgan fingerprint density at radius 1 is 1.10 bits per heavy atom. The Balaban J connectivity index is 2.54. The van der Waals surface area contributed by atoms with Crippen LogP contribution in [0, 0.1) is 0 Å². The zero-order valence-electron chi connectivity index (χ0n) is 12.1. The second-order valence-corrected chi connectivity index (χ2v) is 4.56. The number of ether oxygens (including phenoxy) is 2. The molecule has 0 amide bonds. The van der Waals surface area contributed by atoms with Crippen molar-refractivity contribution in [2.45, 2.75) is 13.3 Å². The minimum atomic E-state index is -0.967. The van der Waals surface area contributed by atoms with Gasteiger partial charge in [-0.3, -0.25) is 0 Å². The highest BCUT2D eigenvalue weighted by Crippen LogP contribution is 2.37. The molecule has 0 radical (unpaired) electrons. The zero-order valence-corrected chi connectivity index (χ0v) is 12.1. The molecule has 0 unspecified atom stereocenters. The maximum atomic E-state index is 11.2. The van der Waals surface area contributed by atoms with Crippen molar-refractivity contribution in [3.8, 4) is 22.6 Å². The largest absolute Gasteiger partial charge is 0.496 e. The molecule has 2 aromatic rings. The van der Waals surface area contributed by atoms with Gasteiger partial charge in [0.05, 0.1) is 19.3 Å². The molecule has 0 bridgehead atoms. The van der Waals surface area contributed by atoms with Gasteiger partial charge in [-0.25, -0.2) is 4.79 Å². The summed E-state index contributed by atoms with van der Waals surface area (Å²) in [5, 5.41) is 9.16. The third-order valence-corrected chi connectivity index (χ3v) is 3.09. The van der Waals surface area contributed by atoms with E-state index >= 15 is 0 Å². The number of carboxylic acid groups (broad SMARTS) is 1. The first-order valence-electron chi connectivity index (χ1n) is 6.81. The Bertz CT molecular complexity index is 634. The number of hydrogen-bond donors (Lipinski definition) is 1. The van der Waals surface area contributed by atoms with E-state index in [4.69, 9.17) is 14.6 Å². The molecule has 4 heteroatoms. The first kappa shape index (κ1) is 14.9. The normalized spacial score (nSPS) is 10.2. The maximum absolute atomic E-state index is 11.2. The van der Waals surface area contributed by atoms with Crippen LogP contribution >= 0.6 is 0 Å². The second kappa shape index (κ2) is 6.79. The molecule has 110 valence electrons. The molecular weight excluding hydrogens is 268 g/mol. The van der Waals surface area contributed by atoms with Crippen LogP contribution in [0.4, 0.5) is 0 Å². The number of carbonyl (C=O) groups is 1. The summed E-state index contributed by atoms with van der Waals surface area (Å²) in [6.45, 7) is 2.65. The third kappa shape index (κ3) is 3.34. The SMILES string of the molecule is CCCOc1ccccc1-c1cc(C(=O)O)ccc1OC. The van der Waals surface area contributed by atoms with Crippen LogP contribution in [0.5, 0.6) is 11.5 Å². The van der Waals surface area contributed by atoms with Crippen molar-refractivity contribution in [1.29, 1.82) is 0 Å². The van der Waals surface area contributed by atoms with Gasteiger partial charge in [0, 0.05) is 11.1 Å². The van der Waals surface area contributed by atoms with E-state index in [1.165, 1.54) is 6.07 Å². The van der Waals surface area contributed by atoms with Gasteiger partial charge in [0.25, 0.3) is 0 Å². The van der Waals surface area contributed by atoms with Crippen molar-refractivity contribution < 1.29 is 19.4 Å². The highest BCUT2D eigenvalue weighted by atomic mass is 16.5. The summed E-state index contributed by atoms with van der Waals surface area (Å²) in [5.41, 5.74) is 1.76. The lowest BCUT2D eigenvalue weighted by Crippen LogP contribution is -2.00. The number of benzene rings is 2. The van der Waals surface area contributed by atoms with Crippen LogP contribution < -0.4 is 9.47 Å². The monoisotopic (exact) mass is 286 g/mol. The fraction of sp³-hybridized carbons (Fsp3) is 0.235. The second-order valence-electron chi connectivity index (χ2n) is 4.56. The Morgan fingerprint density at radius 3 is 2.52 bits per heavy atom. The number of rotatable bonds is 6. The minimum absolute atomic E-state index is 0.219. The average molecular weight is 286 g/mol. The van der Waals surface area contributed by atoms with E-state index in [-0.39, 0.29) is 5.56 Å². The Labute approximate surface area is 123 Å². The standard InChI is InChI=1S/C17H18O4/c1-3-10-21-16-7-5-4-6-13(16)14-11-12(17(18)19)8-9-15(14)20-2/h4-9,11H,3,10H2,1-2H3,(H,18,19). The maximum Gasteiger partial charge on any atom is 0.335 e. The molecule has 0 atom stereocenters. The van der Waals surface area contributed by atoms with Gasteiger partial charge in [-0.05, 0) is 30.7 Å². The predicted octanol–water partition coefficient (Wildman–Crippen LogP) is 3.85. The van der Waals surface area contributed by atoms with Gasteiger partial charge < -0.3 is 14.6 Å². The highest BCUT2D eigenvalue weighted by Gasteiger charge is 2.14. The summed E-state index contributed by atoms with van der Waals surface area (Å²) in [5.74, 6) is 0.374. The van der Waals surface area contributed by atoms with Crippen LogP contribution in [0.3, 0.4) is 0 Å². The van der Waals surface area contributed by atoms with Gasteiger partial charge in [0.2, 0.25) is 0 Å². The van der Waals surface area contributed by atoms with Gasteiger partial charge in [0.15, 0.2) is 0 Å². The number of para-hydroxylation sites is 1. The van der Waals surface area contributed by atoms with E-state index in [1.54, 1.807) is 19.2 Å². The van der Waals surface area contributed by atoms with Gasteiger partial charge in [0.1, 0.15) is 11.5 Å². The van der Waals surface area contributed by atoms with E-state index in [2.05, 4.69) is 0 Å². The van der Waals surface area contributed by atoms with Crippen molar-refractivity contribution in [3.63, 3.8) is 0 Å². The molecule has 0 aliphatic rings. The lowest BCUT2D eigenvalue weighted by atomic mass is 10.0. The Morgan fingerprint density at radius 2 is 1.86 bits per heavy atom. The molecule has 0 spiro atoms. The minimum Gasteiger partial charge on any atom is -0.496 e. The van der Waals surface area contributed by atoms with Crippen molar-refractivity contribution >= 4 is 5.97 Å². The fourth-order valence-corrected chi connectivity index (χ4v) is 2.08. The van der Waals surface area contributed by atoms with Crippen LogP contribution in [0.25, 0.3) is 11.1 Å². The molecule has 2 aromatic carbocycles. The third-order valence-electron chi connectivity index (χ3n) is 3.09. The number of methoxy groups -OCH3 is 1. The van der Waals surface area contributed by atoms with E-state index in [0.717, 1.165) is 17.7 Å². The molecule has 2 rings (SSSR count). The molecule has 0 aliphatic heterocycles. The van der Waals surface area contributed by atoms with E-state index in [1.807, 2.05) is 31.2 Å². The van der Waals surface area contributed by atoms with Crippen LogP contribution in [-0.4, -0.2) is 24.8 Å². The number of carboxylic acids is 1. The van der Waals surface area contributed by atoms with Crippen molar-refractivity contribution in [2.24, 2.45) is 0 Å². The van der Waals surface area contributed by atoms with Crippen LogP contribution in [0.15, 0.2) is 42.5 Å². The number of aromatic carboxylic acids is 1. The molecule has 0 aliphatic carbocycles. The Hall–Kier alpha value is -2.49. The topological polar surface area (TPSA) is 55.8 Å². The summed E-state index contributed by atoms with van der Waals surface area (Å²) in [6, 6.07) is 12.3.